The van der Waals surface area contributed by atoms with E-state index in [2.05, 4.69) is 187 Å². The van der Waals surface area contributed by atoms with Crippen LogP contribution in [0.1, 0.15) is 40.2 Å². The summed E-state index contributed by atoms with van der Waals surface area (Å²) < 4.78 is 21.7. The Kier molecular flexibility index (Phi) is 7.94. The Balaban J connectivity index is 1.07. The van der Waals surface area contributed by atoms with Gasteiger partial charge in [-0.3, -0.25) is 4.57 Å². The molecule has 0 unspecified atom stereocenters. The highest BCUT2D eigenvalue weighted by atomic mass is 15.4. The van der Waals surface area contributed by atoms with Crippen LogP contribution in [-0.4, -0.2) is 16.2 Å². The highest BCUT2D eigenvalue weighted by Crippen LogP contribution is 2.50. The summed E-state index contributed by atoms with van der Waals surface area (Å²) in [4.78, 5) is 9.57. The summed E-state index contributed by atoms with van der Waals surface area (Å²) in [5.74, 6) is 0.824. The van der Waals surface area contributed by atoms with Crippen molar-refractivity contribution in [3.63, 3.8) is 0 Å². The van der Waals surface area contributed by atoms with Crippen molar-refractivity contribution in [2.24, 2.45) is 0 Å². The van der Waals surface area contributed by atoms with Crippen LogP contribution in [0.5, 0.6) is 0 Å². The van der Waals surface area contributed by atoms with Crippen LogP contribution in [0.2, 0.25) is 0 Å². The molecular weight excluding hydrogens is 693 g/mol. The molecule has 276 valence electrons. The number of benzene rings is 7. The number of aromatic nitrogens is 2. The number of fused-ring (bicyclic) bond motifs is 4. The monoisotopic (exact) mass is 738 g/mol. The third-order valence-corrected chi connectivity index (χ3v) is 11.2. The molecule has 4 heteroatoms. The molecule has 7 aromatic carbocycles. The fourth-order valence-corrected chi connectivity index (χ4v) is 8.38. The second-order valence-electron chi connectivity index (χ2n) is 15.8. The summed E-state index contributed by atoms with van der Waals surface area (Å²) in [6.45, 7) is 7.19. The van der Waals surface area contributed by atoms with Gasteiger partial charge in [-0.1, -0.05) is 154 Å². The number of nitrogens with zero attached hydrogens (tertiary/aromatic N) is 4. The molecule has 3 heterocycles. The second-order valence-corrected chi connectivity index (χ2v) is 15.8. The maximum absolute atomic E-state index is 9.76. The van der Waals surface area contributed by atoms with Crippen molar-refractivity contribution >= 4 is 44.6 Å². The summed E-state index contributed by atoms with van der Waals surface area (Å²) in [7, 11) is 0. The van der Waals surface area contributed by atoms with Gasteiger partial charge in [-0.05, 0) is 88.1 Å². The number of anilines is 4. The molecule has 0 fully saturated rings. The maximum atomic E-state index is 9.76. The quantitative estimate of drug-likeness (QED) is 0.163. The van der Waals surface area contributed by atoms with E-state index in [0.717, 1.165) is 72.6 Å². The molecular formula is C53H44N4. The molecule has 0 saturated carbocycles. The lowest BCUT2D eigenvalue weighted by molar-refractivity contribution is 0.588. The van der Waals surface area contributed by atoms with E-state index in [1.165, 1.54) is 5.56 Å². The van der Waals surface area contributed by atoms with Gasteiger partial charge in [0.25, 0.3) is 0 Å². The van der Waals surface area contributed by atoms with Gasteiger partial charge in [0.15, 0.2) is 0 Å². The molecule has 57 heavy (non-hydrogen) atoms. The number of rotatable bonds is 7. The van der Waals surface area contributed by atoms with Gasteiger partial charge in [0.1, 0.15) is 12.5 Å². The SMILES string of the molecule is [2H]C([2H])(c1cccc(N2CN(c3c(-c4ccccc4)cccc3-c3ccccc3)c3ccccc32)c1)c1ccc2c3ccccc3n(-c3cc(C(C)(C)C)ccn3)c2c1. The van der Waals surface area contributed by atoms with E-state index < -0.39 is 6.37 Å². The Labute approximate surface area is 337 Å². The lowest BCUT2D eigenvalue weighted by Gasteiger charge is -2.27. The highest BCUT2D eigenvalue weighted by Gasteiger charge is 2.31. The molecule has 0 bridgehead atoms. The predicted molar refractivity (Wildman–Crippen MR) is 239 cm³/mol. The normalized spacial score (nSPS) is 13.5. The molecule has 0 radical (unpaired) electrons. The average Bonchev–Trinajstić information content (AvgIpc) is 3.82. The molecule has 10 rings (SSSR count). The molecule has 0 aliphatic carbocycles. The number of para-hydroxylation sites is 4. The summed E-state index contributed by atoms with van der Waals surface area (Å²) in [6.07, 6.45) is 0.0804. The van der Waals surface area contributed by atoms with Crippen LogP contribution < -0.4 is 9.80 Å². The number of hydrogen-bond donors (Lipinski definition) is 0. The minimum absolute atomic E-state index is 0.0491. The zero-order chi connectivity index (χ0) is 40.3. The zero-order valence-corrected chi connectivity index (χ0v) is 32.4. The van der Waals surface area contributed by atoms with Crippen LogP contribution in [0.15, 0.2) is 188 Å². The third-order valence-electron chi connectivity index (χ3n) is 11.2. The van der Waals surface area contributed by atoms with Crippen LogP contribution in [-0.2, 0) is 11.8 Å². The number of pyridine rings is 1. The van der Waals surface area contributed by atoms with E-state index in [-0.39, 0.29) is 5.41 Å². The molecule has 0 spiro atoms. The zero-order valence-electron chi connectivity index (χ0n) is 34.4. The summed E-state index contributed by atoms with van der Waals surface area (Å²) >= 11 is 0. The van der Waals surface area contributed by atoms with E-state index in [0.29, 0.717) is 17.8 Å². The first-order valence-electron chi connectivity index (χ1n) is 20.7. The fourth-order valence-electron chi connectivity index (χ4n) is 8.38. The third kappa shape index (κ3) is 6.24. The summed E-state index contributed by atoms with van der Waals surface area (Å²) in [5.41, 5.74) is 13.2. The predicted octanol–water partition coefficient (Wildman–Crippen LogP) is 13.6. The van der Waals surface area contributed by atoms with Gasteiger partial charge in [0, 0.05) is 36.5 Å². The first-order chi connectivity index (χ1) is 28.7. The van der Waals surface area contributed by atoms with Crippen LogP contribution in [0, 0.1) is 0 Å². The number of hydrogen-bond acceptors (Lipinski definition) is 3. The molecule has 1 aliphatic heterocycles. The first-order valence-corrected chi connectivity index (χ1v) is 19.7. The van der Waals surface area contributed by atoms with E-state index in [1.807, 2.05) is 36.5 Å². The van der Waals surface area contributed by atoms with Crippen molar-refractivity contribution in [1.29, 1.82) is 0 Å². The minimum atomic E-state index is -1.80. The van der Waals surface area contributed by atoms with E-state index >= 15 is 0 Å². The molecule has 0 amide bonds. The Morgan fingerprint density at radius 2 is 1.16 bits per heavy atom. The van der Waals surface area contributed by atoms with Crippen LogP contribution >= 0.6 is 0 Å². The maximum Gasteiger partial charge on any atom is 0.137 e. The van der Waals surface area contributed by atoms with Crippen molar-refractivity contribution in [2.75, 3.05) is 16.5 Å². The summed E-state index contributed by atoms with van der Waals surface area (Å²) in [5, 5.41) is 2.18. The standard InChI is InChI=1S/C53H44N4/c1-53(2,3)41-30-31-54-51(35-41)57-47-25-11-10-22-45(47)46-29-28-38(34-50(46)57)32-37-16-14-21-42(33-37)55-36-56(49-27-13-12-26-48(49)55)52-43(39-17-6-4-7-18-39)23-15-24-44(52)40-19-8-5-9-20-40/h4-31,33-35H,32,36H2,1-3H3/i32D2. The Morgan fingerprint density at radius 1 is 0.544 bits per heavy atom. The molecule has 0 atom stereocenters. The highest BCUT2D eigenvalue weighted by molar-refractivity contribution is 6.09. The smallest absolute Gasteiger partial charge is 0.137 e. The lowest BCUT2D eigenvalue weighted by atomic mass is 9.88. The lowest BCUT2D eigenvalue weighted by Crippen LogP contribution is -2.25. The fraction of sp³-hybridized carbons (Fsp3) is 0.113. The second kappa shape index (κ2) is 14.0. The average molecular weight is 739 g/mol. The molecule has 1 aliphatic rings. The van der Waals surface area contributed by atoms with E-state index in [1.54, 1.807) is 0 Å². The molecule has 0 N–H and O–H groups in total. The Morgan fingerprint density at radius 3 is 1.88 bits per heavy atom. The van der Waals surface area contributed by atoms with Gasteiger partial charge in [-0.25, -0.2) is 4.98 Å². The van der Waals surface area contributed by atoms with Crippen LogP contribution in [0.3, 0.4) is 0 Å². The summed E-state index contributed by atoms with van der Waals surface area (Å²) in [6, 6.07) is 63.0. The molecule has 2 aromatic heterocycles. The van der Waals surface area contributed by atoms with Gasteiger partial charge in [0.05, 0.1) is 28.1 Å². The van der Waals surface area contributed by atoms with Crippen molar-refractivity contribution in [1.82, 2.24) is 9.55 Å². The van der Waals surface area contributed by atoms with Gasteiger partial charge < -0.3 is 9.80 Å². The Bertz CT molecular complexity index is 2940. The first kappa shape index (κ1) is 32.3. The van der Waals surface area contributed by atoms with Gasteiger partial charge >= 0.3 is 0 Å². The van der Waals surface area contributed by atoms with Crippen LogP contribution in [0.4, 0.5) is 22.7 Å². The topological polar surface area (TPSA) is 24.3 Å². The van der Waals surface area contributed by atoms with E-state index in [9.17, 15) is 2.74 Å². The molecule has 0 saturated heterocycles. The van der Waals surface area contributed by atoms with Crippen molar-refractivity contribution in [3.8, 4) is 28.1 Å². The van der Waals surface area contributed by atoms with Gasteiger partial charge in [-0.2, -0.15) is 0 Å². The Hall–Kier alpha value is -6.91. The molecule has 9 aromatic rings. The van der Waals surface area contributed by atoms with Crippen molar-refractivity contribution < 1.29 is 2.74 Å². The largest absolute Gasteiger partial charge is 0.321 e. The minimum Gasteiger partial charge on any atom is -0.321 e. The van der Waals surface area contributed by atoms with E-state index in [4.69, 9.17) is 4.98 Å². The molecule has 4 nitrogen and oxygen atoms in total. The van der Waals surface area contributed by atoms with Gasteiger partial charge in [-0.15, -0.1) is 0 Å². The van der Waals surface area contributed by atoms with Crippen molar-refractivity contribution in [3.05, 3.63) is 205 Å². The van der Waals surface area contributed by atoms with Gasteiger partial charge in [0.2, 0.25) is 0 Å². The van der Waals surface area contributed by atoms with Crippen LogP contribution in [0.25, 0.3) is 49.9 Å². The van der Waals surface area contributed by atoms with Crippen molar-refractivity contribution in [2.45, 2.75) is 32.6 Å².